The highest BCUT2D eigenvalue weighted by Crippen LogP contribution is 2.04. The van der Waals surface area contributed by atoms with Gasteiger partial charge in [-0.3, -0.25) is 4.79 Å². The number of rotatable bonds is 2. The first-order valence-corrected chi connectivity index (χ1v) is 4.60. The van der Waals surface area contributed by atoms with Crippen LogP contribution in [0.3, 0.4) is 0 Å². The minimum absolute atomic E-state index is 0.189. The van der Waals surface area contributed by atoms with Gasteiger partial charge in [-0.25, -0.2) is 9.67 Å². The molecule has 0 aliphatic heterocycles. The van der Waals surface area contributed by atoms with Gasteiger partial charge >= 0.3 is 0 Å². The SMILES string of the molecule is CCc1nc(-n2cc(N)cn2)cc(=O)[nH]1. The number of nitrogens with one attached hydrogen (secondary N) is 1. The van der Waals surface area contributed by atoms with E-state index in [9.17, 15) is 4.79 Å². The Labute approximate surface area is 85.8 Å². The van der Waals surface area contributed by atoms with Crippen molar-refractivity contribution in [1.82, 2.24) is 19.7 Å². The Morgan fingerprint density at radius 3 is 3.00 bits per heavy atom. The van der Waals surface area contributed by atoms with Gasteiger partial charge in [-0.2, -0.15) is 5.10 Å². The van der Waals surface area contributed by atoms with E-state index in [0.29, 0.717) is 23.8 Å². The van der Waals surface area contributed by atoms with E-state index in [1.54, 1.807) is 6.20 Å². The van der Waals surface area contributed by atoms with Gasteiger partial charge in [-0.05, 0) is 0 Å². The van der Waals surface area contributed by atoms with E-state index >= 15 is 0 Å². The van der Waals surface area contributed by atoms with Gasteiger partial charge in [-0.1, -0.05) is 6.92 Å². The molecule has 0 aliphatic rings. The summed E-state index contributed by atoms with van der Waals surface area (Å²) < 4.78 is 1.48. The molecule has 0 radical (unpaired) electrons. The summed E-state index contributed by atoms with van der Waals surface area (Å²) in [6.45, 7) is 1.92. The fourth-order valence-corrected chi connectivity index (χ4v) is 1.24. The van der Waals surface area contributed by atoms with Crippen LogP contribution in [0.2, 0.25) is 0 Å². The summed E-state index contributed by atoms with van der Waals surface area (Å²) in [6.07, 6.45) is 3.79. The molecule has 0 aliphatic carbocycles. The van der Waals surface area contributed by atoms with Gasteiger partial charge in [0, 0.05) is 12.5 Å². The van der Waals surface area contributed by atoms with Crippen molar-refractivity contribution >= 4 is 5.69 Å². The molecule has 0 atom stereocenters. The maximum absolute atomic E-state index is 11.3. The van der Waals surface area contributed by atoms with E-state index < -0.39 is 0 Å². The third kappa shape index (κ3) is 1.88. The second kappa shape index (κ2) is 3.56. The third-order valence-electron chi connectivity index (χ3n) is 1.95. The number of H-pyrrole nitrogens is 1. The van der Waals surface area contributed by atoms with Crippen LogP contribution in [0.4, 0.5) is 5.69 Å². The van der Waals surface area contributed by atoms with E-state index in [-0.39, 0.29) is 5.56 Å². The quantitative estimate of drug-likeness (QED) is 0.727. The maximum atomic E-state index is 11.3. The van der Waals surface area contributed by atoms with E-state index in [1.165, 1.54) is 16.9 Å². The molecule has 15 heavy (non-hydrogen) atoms. The number of hydrogen-bond acceptors (Lipinski definition) is 4. The zero-order valence-electron chi connectivity index (χ0n) is 8.27. The molecule has 3 N–H and O–H groups in total. The summed E-state index contributed by atoms with van der Waals surface area (Å²) in [4.78, 5) is 18.1. The van der Waals surface area contributed by atoms with Crippen molar-refractivity contribution in [2.75, 3.05) is 5.73 Å². The van der Waals surface area contributed by atoms with Crippen LogP contribution in [0.15, 0.2) is 23.3 Å². The van der Waals surface area contributed by atoms with E-state index in [4.69, 9.17) is 5.73 Å². The molecule has 0 saturated heterocycles. The number of anilines is 1. The average molecular weight is 205 g/mol. The van der Waals surface area contributed by atoms with Gasteiger partial charge in [0.15, 0.2) is 5.82 Å². The number of aromatic amines is 1. The molecule has 2 rings (SSSR count). The van der Waals surface area contributed by atoms with Crippen LogP contribution >= 0.6 is 0 Å². The maximum Gasteiger partial charge on any atom is 0.253 e. The molecule has 2 aromatic rings. The predicted molar refractivity (Wildman–Crippen MR) is 55.8 cm³/mol. The second-order valence-corrected chi connectivity index (χ2v) is 3.12. The molecule has 2 aromatic heterocycles. The lowest BCUT2D eigenvalue weighted by atomic mass is 10.4. The summed E-state index contributed by atoms with van der Waals surface area (Å²) in [7, 11) is 0. The van der Waals surface area contributed by atoms with Gasteiger partial charge in [0.2, 0.25) is 0 Å². The molecule has 0 fully saturated rings. The lowest BCUT2D eigenvalue weighted by Crippen LogP contribution is -2.13. The summed E-state index contributed by atoms with van der Waals surface area (Å²) in [6, 6.07) is 1.38. The Balaban J connectivity index is 2.53. The van der Waals surface area contributed by atoms with E-state index in [0.717, 1.165) is 0 Å². The topological polar surface area (TPSA) is 89.6 Å². The molecule has 0 spiro atoms. The van der Waals surface area contributed by atoms with Gasteiger partial charge < -0.3 is 10.7 Å². The van der Waals surface area contributed by atoms with E-state index in [2.05, 4.69) is 15.1 Å². The van der Waals surface area contributed by atoms with Crippen molar-refractivity contribution in [1.29, 1.82) is 0 Å². The molecular formula is C9H11N5O. The monoisotopic (exact) mass is 205 g/mol. The van der Waals surface area contributed by atoms with Crippen molar-refractivity contribution < 1.29 is 0 Å². The first-order chi connectivity index (χ1) is 7.19. The molecule has 0 bridgehead atoms. The van der Waals surface area contributed by atoms with Crippen LogP contribution in [0, 0.1) is 0 Å². The number of nitrogens with two attached hydrogens (primary N) is 1. The number of nitrogens with zero attached hydrogens (tertiary/aromatic N) is 3. The fourth-order valence-electron chi connectivity index (χ4n) is 1.24. The van der Waals surface area contributed by atoms with Crippen molar-refractivity contribution in [3.8, 4) is 5.82 Å². The van der Waals surface area contributed by atoms with Crippen LogP contribution in [-0.4, -0.2) is 19.7 Å². The number of nitrogen functional groups attached to an aromatic ring is 1. The molecule has 2 heterocycles. The highest BCUT2D eigenvalue weighted by molar-refractivity contribution is 5.34. The molecular weight excluding hydrogens is 194 g/mol. The first kappa shape index (κ1) is 9.45. The normalized spacial score (nSPS) is 10.5. The zero-order chi connectivity index (χ0) is 10.8. The van der Waals surface area contributed by atoms with Crippen LogP contribution in [0.1, 0.15) is 12.7 Å². The number of aryl methyl sites for hydroxylation is 1. The van der Waals surface area contributed by atoms with Crippen molar-refractivity contribution in [3.63, 3.8) is 0 Å². The lowest BCUT2D eigenvalue weighted by molar-refractivity contribution is 0.806. The van der Waals surface area contributed by atoms with Crippen molar-refractivity contribution in [2.24, 2.45) is 0 Å². The van der Waals surface area contributed by atoms with E-state index in [1.807, 2.05) is 6.92 Å². The minimum Gasteiger partial charge on any atom is -0.396 e. The zero-order valence-corrected chi connectivity index (χ0v) is 8.27. The van der Waals surface area contributed by atoms with Crippen molar-refractivity contribution in [2.45, 2.75) is 13.3 Å². The predicted octanol–water partition coefficient (Wildman–Crippen LogP) is 0.100. The highest BCUT2D eigenvalue weighted by Gasteiger charge is 2.03. The molecule has 0 aromatic carbocycles. The Kier molecular flexibility index (Phi) is 2.24. The molecule has 6 heteroatoms. The number of aromatic nitrogens is 4. The first-order valence-electron chi connectivity index (χ1n) is 4.60. The van der Waals surface area contributed by atoms with Gasteiger partial charge in [0.25, 0.3) is 5.56 Å². The Morgan fingerprint density at radius 1 is 1.60 bits per heavy atom. The van der Waals surface area contributed by atoms with Gasteiger partial charge in [-0.15, -0.1) is 0 Å². The Morgan fingerprint density at radius 2 is 2.40 bits per heavy atom. The fraction of sp³-hybridized carbons (Fsp3) is 0.222. The molecule has 6 nitrogen and oxygen atoms in total. The van der Waals surface area contributed by atoms with Gasteiger partial charge in [0.1, 0.15) is 5.82 Å². The van der Waals surface area contributed by atoms with Gasteiger partial charge in [0.05, 0.1) is 18.1 Å². The molecule has 78 valence electrons. The van der Waals surface area contributed by atoms with Crippen LogP contribution in [0.25, 0.3) is 5.82 Å². The van der Waals surface area contributed by atoms with Crippen LogP contribution < -0.4 is 11.3 Å². The summed E-state index contributed by atoms with van der Waals surface area (Å²) in [5.41, 5.74) is 5.88. The highest BCUT2D eigenvalue weighted by atomic mass is 16.1. The lowest BCUT2D eigenvalue weighted by Gasteiger charge is -2.01. The average Bonchev–Trinajstić information content (AvgIpc) is 2.64. The number of hydrogen-bond donors (Lipinski definition) is 2. The Hall–Kier alpha value is -2.11. The van der Waals surface area contributed by atoms with Crippen LogP contribution in [-0.2, 0) is 6.42 Å². The molecule has 0 unspecified atom stereocenters. The second-order valence-electron chi connectivity index (χ2n) is 3.12. The van der Waals surface area contributed by atoms with Crippen molar-refractivity contribution in [3.05, 3.63) is 34.6 Å². The molecule has 0 saturated carbocycles. The largest absolute Gasteiger partial charge is 0.396 e. The minimum atomic E-state index is -0.189. The third-order valence-corrected chi connectivity index (χ3v) is 1.95. The smallest absolute Gasteiger partial charge is 0.253 e. The standard InChI is InChI=1S/C9H11N5O/c1-2-7-12-8(3-9(15)13-7)14-5-6(10)4-11-14/h3-5H,2,10H2,1H3,(H,12,13,15). The summed E-state index contributed by atoms with van der Waals surface area (Å²) in [5.74, 6) is 1.11. The van der Waals surface area contributed by atoms with Crippen LogP contribution in [0.5, 0.6) is 0 Å². The summed E-state index contributed by atoms with van der Waals surface area (Å²) in [5, 5.41) is 3.98. The molecule has 0 amide bonds. The summed E-state index contributed by atoms with van der Waals surface area (Å²) >= 11 is 0. The Bertz CT molecular complexity index is 527.